The van der Waals surface area contributed by atoms with E-state index in [9.17, 15) is 4.39 Å². The van der Waals surface area contributed by atoms with E-state index < -0.39 is 20.1 Å². The minimum Gasteiger partial charge on any atom is 0 e. The van der Waals surface area contributed by atoms with Crippen LogP contribution in [0.1, 0.15) is 79.7 Å². The molecule has 0 amide bonds. The van der Waals surface area contributed by atoms with Crippen molar-refractivity contribution in [2.24, 2.45) is 0 Å². The molecule has 0 bridgehead atoms. The van der Waals surface area contributed by atoms with E-state index in [1.54, 1.807) is 24.3 Å². The van der Waals surface area contributed by atoms with Gasteiger partial charge in [-0.15, -0.1) is 18.2 Å². The van der Waals surface area contributed by atoms with Crippen molar-refractivity contribution < 1.29 is 33.0 Å². The van der Waals surface area contributed by atoms with Crippen LogP contribution in [0.25, 0.3) is 83.3 Å². The second kappa shape index (κ2) is 18.7. The van der Waals surface area contributed by atoms with Crippen molar-refractivity contribution in [3.8, 4) is 39.5 Å². The number of imidazole rings is 1. The second-order valence-corrected chi connectivity index (χ2v) is 30.3. The number of benzene rings is 6. The van der Waals surface area contributed by atoms with Crippen LogP contribution in [0.4, 0.5) is 4.39 Å². The zero-order valence-corrected chi connectivity index (χ0v) is 43.3. The Morgan fingerprint density at radius 2 is 1.55 bits per heavy atom. The molecule has 0 aliphatic heterocycles. The molecular weight excluding hydrogens is 1060 g/mol. The van der Waals surface area contributed by atoms with E-state index >= 15 is 0 Å². The van der Waals surface area contributed by atoms with Crippen molar-refractivity contribution in [3.05, 3.63) is 174 Å². The standard InChI is InChI=1S/C45H40N3O.C14H15FGeN.Ir/c1-28-18-21-33-31(26-28)19-23-39-41(33)48(40-25-20-32(45(2,3)4)27-37(40)29-12-7-5-8-13-29)43(46-39)36-17-11-16-34-35-22-24-38(30-14-9-6-10-15-30)47-44(35)49-42(34)36;1-16(2,3)11-8-9-14(17-10-11)12-6-4-5-7-13(12)15;/h5,7-8,11-13,16,18-27,30H,6,9-10,14-15H2,1-4H3;4-5,7-10H,1-3H3;/q2*-1;/i1D3;;. The van der Waals surface area contributed by atoms with Gasteiger partial charge in [0.25, 0.3) is 0 Å². The second-order valence-electron chi connectivity index (χ2n) is 19.7. The van der Waals surface area contributed by atoms with Crippen LogP contribution in [0.3, 0.4) is 0 Å². The summed E-state index contributed by atoms with van der Waals surface area (Å²) >= 11 is -1.83. The molecule has 0 spiro atoms. The fraction of sp³-hybridized carbons (Fsp3) is 0.237. The third-order valence-corrected chi connectivity index (χ3v) is 17.3. The predicted octanol–water partition coefficient (Wildman–Crippen LogP) is 15.5. The van der Waals surface area contributed by atoms with Crippen LogP contribution in [-0.4, -0.2) is 32.8 Å². The summed E-state index contributed by atoms with van der Waals surface area (Å²) in [4.78, 5) is 14.8. The minimum atomic E-state index is -2.21. The number of aryl methyl sites for hydroxylation is 1. The molecule has 1 radical (unpaired) electrons. The Hall–Kier alpha value is -5.73. The Labute approximate surface area is 413 Å². The molecule has 4 aromatic heterocycles. The van der Waals surface area contributed by atoms with E-state index in [4.69, 9.17) is 18.5 Å². The minimum absolute atomic E-state index is 0. The molecule has 67 heavy (non-hydrogen) atoms. The summed E-state index contributed by atoms with van der Waals surface area (Å²) in [5, 5.41) is 3.71. The van der Waals surface area contributed by atoms with Crippen molar-refractivity contribution in [3.63, 3.8) is 0 Å². The zero-order chi connectivity index (χ0) is 48.2. The summed E-state index contributed by atoms with van der Waals surface area (Å²) in [7, 11) is 0. The van der Waals surface area contributed by atoms with E-state index in [0.29, 0.717) is 39.9 Å². The van der Waals surface area contributed by atoms with Gasteiger partial charge in [-0.05, 0) is 72.0 Å². The van der Waals surface area contributed by atoms with Crippen LogP contribution < -0.4 is 4.40 Å². The Bertz CT molecular complexity index is 3510. The van der Waals surface area contributed by atoms with Gasteiger partial charge in [-0.1, -0.05) is 117 Å². The van der Waals surface area contributed by atoms with E-state index in [2.05, 4.69) is 126 Å². The number of nitrogens with zero attached hydrogens (tertiary/aromatic N) is 4. The Balaban J connectivity index is 0.000000286. The van der Waals surface area contributed by atoms with E-state index in [1.165, 1.54) is 48.1 Å². The molecular formula is C59H55FGeIrN4O-2. The summed E-state index contributed by atoms with van der Waals surface area (Å²) in [5.74, 6) is 7.82. The summed E-state index contributed by atoms with van der Waals surface area (Å²) in [6, 6.07) is 50.0. The molecule has 5 nitrogen and oxygen atoms in total. The molecule has 339 valence electrons. The van der Waals surface area contributed by atoms with Gasteiger partial charge in [-0.3, -0.25) is 4.98 Å². The number of pyridine rings is 2. The average molecular weight is 1120 g/mol. The van der Waals surface area contributed by atoms with Gasteiger partial charge in [-0.25, -0.2) is 4.98 Å². The summed E-state index contributed by atoms with van der Waals surface area (Å²) in [5.41, 5.74) is 10.6. The fourth-order valence-corrected chi connectivity index (χ4v) is 11.5. The molecule has 11 rings (SSSR count). The normalized spacial score (nSPS) is 14.3. The number of fused-ring (bicyclic) bond motifs is 6. The quantitative estimate of drug-likeness (QED) is 0.123. The summed E-state index contributed by atoms with van der Waals surface area (Å²) in [6.07, 6.45) is 8.00. The van der Waals surface area contributed by atoms with Gasteiger partial charge in [0.2, 0.25) is 5.71 Å². The third-order valence-electron chi connectivity index (χ3n) is 13.1. The van der Waals surface area contributed by atoms with Crippen molar-refractivity contribution in [2.75, 3.05) is 0 Å². The average Bonchev–Trinajstić information content (AvgIpc) is 3.93. The first-order valence-electron chi connectivity index (χ1n) is 24.6. The van der Waals surface area contributed by atoms with Crippen LogP contribution in [0, 0.1) is 24.8 Å². The van der Waals surface area contributed by atoms with Gasteiger partial charge in [0.1, 0.15) is 0 Å². The molecule has 1 fully saturated rings. The maximum Gasteiger partial charge on any atom is 0 e. The third kappa shape index (κ3) is 9.19. The molecule has 0 unspecified atom stereocenters. The first-order chi connectivity index (χ1) is 33.0. The molecule has 0 atom stereocenters. The number of hydrogen-bond acceptors (Lipinski definition) is 4. The van der Waals surface area contributed by atoms with Crippen molar-refractivity contribution >= 4 is 61.5 Å². The number of aromatic nitrogens is 4. The molecule has 8 heteroatoms. The number of rotatable bonds is 6. The van der Waals surface area contributed by atoms with Crippen LogP contribution >= 0.6 is 0 Å². The van der Waals surface area contributed by atoms with Gasteiger partial charge in [0.15, 0.2) is 0 Å². The van der Waals surface area contributed by atoms with Crippen LogP contribution in [0.15, 0.2) is 144 Å². The first kappa shape index (κ1) is 42.6. The molecule has 0 saturated heterocycles. The van der Waals surface area contributed by atoms with Gasteiger partial charge in [-0.2, -0.15) is 0 Å². The van der Waals surface area contributed by atoms with E-state index in [1.807, 2.05) is 42.6 Å². The van der Waals surface area contributed by atoms with Crippen LogP contribution in [0.5, 0.6) is 0 Å². The van der Waals surface area contributed by atoms with Gasteiger partial charge in [0.05, 0.1) is 22.4 Å². The van der Waals surface area contributed by atoms with Gasteiger partial charge >= 0.3 is 104 Å². The largest absolute Gasteiger partial charge is 0 e. The Morgan fingerprint density at radius 3 is 2.28 bits per heavy atom. The van der Waals surface area contributed by atoms with Crippen molar-refractivity contribution in [1.82, 2.24) is 19.5 Å². The molecule has 6 aromatic carbocycles. The topological polar surface area (TPSA) is 56.7 Å². The van der Waals surface area contributed by atoms with Crippen LogP contribution in [0.2, 0.25) is 17.3 Å². The molecule has 10 aromatic rings. The maximum absolute atomic E-state index is 13.6. The van der Waals surface area contributed by atoms with Gasteiger partial charge < -0.3 is 8.98 Å². The molecule has 4 heterocycles. The van der Waals surface area contributed by atoms with Crippen LogP contribution in [-0.2, 0) is 25.5 Å². The van der Waals surface area contributed by atoms with Crippen molar-refractivity contribution in [2.45, 2.75) is 88.3 Å². The summed E-state index contributed by atoms with van der Waals surface area (Å²) < 4.78 is 48.1. The molecule has 1 aliphatic carbocycles. The molecule has 0 N–H and O–H groups in total. The van der Waals surface area contributed by atoms with Crippen molar-refractivity contribution in [1.29, 1.82) is 0 Å². The first-order valence-corrected chi connectivity index (χ1v) is 30.4. The predicted molar refractivity (Wildman–Crippen MR) is 274 cm³/mol. The summed E-state index contributed by atoms with van der Waals surface area (Å²) in [6.45, 7) is 4.48. The maximum atomic E-state index is 13.6. The number of hydrogen-bond donors (Lipinski definition) is 0. The fourth-order valence-electron chi connectivity index (χ4n) is 9.37. The van der Waals surface area contributed by atoms with E-state index in [-0.39, 0.29) is 31.3 Å². The SMILES string of the molecule is [2H]C([2H])([2H])c1ccc2c(ccc3nc(-c4[c-]ccc5c4oc4nc(C6CCCCC6)ccc45)n(-c4ccc(C(C)(C)C)cc4-c4ccccc4)c32)c1.[CH3][Ge]([CH3])([CH3])[c]1ccc(-c2[c-]cccc2F)nc1.[Ir]. The number of furan rings is 1. The number of halogens is 1. The zero-order valence-electron chi connectivity index (χ0n) is 41.8. The molecule has 1 aliphatic rings. The Kier molecular flexibility index (Phi) is 11.9. The van der Waals surface area contributed by atoms with E-state index in [0.717, 1.165) is 60.6 Å². The molecule has 1 saturated carbocycles. The smallest absolute Gasteiger partial charge is 0 e. The monoisotopic (exact) mass is 1120 g/mol. The Morgan fingerprint density at radius 1 is 0.761 bits per heavy atom. The van der Waals surface area contributed by atoms with Gasteiger partial charge in [0, 0.05) is 57.9 Å².